The van der Waals surface area contributed by atoms with Gasteiger partial charge in [0.1, 0.15) is 11.3 Å². The Bertz CT molecular complexity index is 1260. The summed E-state index contributed by atoms with van der Waals surface area (Å²) in [5.74, 6) is 0.628. The fraction of sp³-hybridized carbons (Fsp3) is 0.0455. The Morgan fingerprint density at radius 1 is 0.719 bits per heavy atom. The molecular formula is C22H15BF7NO. The number of fused-ring (bicyclic) bond motifs is 1. The highest BCUT2D eigenvalue weighted by atomic mass is 19.5. The Morgan fingerprint density at radius 2 is 1.34 bits per heavy atom. The predicted octanol–water partition coefficient (Wildman–Crippen LogP) is 5.73. The number of alkyl halides is 3. The minimum Gasteiger partial charge on any atom is -0.456 e. The van der Waals surface area contributed by atoms with Gasteiger partial charge in [-0.3, -0.25) is 0 Å². The van der Waals surface area contributed by atoms with Crippen molar-refractivity contribution < 1.29 is 39.8 Å². The monoisotopic (exact) mass is 453 g/mol. The van der Waals surface area contributed by atoms with Crippen LogP contribution in [0.25, 0.3) is 22.3 Å². The first-order valence-corrected chi connectivity index (χ1v) is 9.23. The molecule has 0 aliphatic rings. The van der Waals surface area contributed by atoms with E-state index >= 15 is 0 Å². The topological polar surface area (TPSA) is 27.1 Å². The largest absolute Gasteiger partial charge is 0.673 e. The molecular weight excluding hydrogens is 438 g/mol. The SMILES string of the molecule is FC(F)(F)c1cccc([NH+]=c2cc(-c3ccccc3)oc3ccccc23)c1.F[B-](F)(F)F. The van der Waals surface area contributed by atoms with Crippen LogP contribution in [-0.2, 0) is 6.18 Å². The Morgan fingerprint density at radius 3 is 2.00 bits per heavy atom. The van der Waals surface area contributed by atoms with Gasteiger partial charge in [-0.05, 0) is 18.2 Å². The van der Waals surface area contributed by atoms with Crippen molar-refractivity contribution in [2.24, 2.45) is 0 Å². The zero-order valence-corrected chi connectivity index (χ0v) is 16.2. The molecule has 0 amide bonds. The smallest absolute Gasteiger partial charge is 0.456 e. The fourth-order valence-electron chi connectivity index (χ4n) is 2.91. The fourth-order valence-corrected chi connectivity index (χ4v) is 2.91. The number of nitrogens with one attached hydrogen (secondary N) is 1. The van der Waals surface area contributed by atoms with Gasteiger partial charge in [-0.15, -0.1) is 0 Å². The Labute approximate surface area is 177 Å². The highest BCUT2D eigenvalue weighted by Crippen LogP contribution is 2.29. The van der Waals surface area contributed by atoms with Crippen LogP contribution < -0.4 is 10.3 Å². The van der Waals surface area contributed by atoms with Crippen LogP contribution in [0, 0.1) is 0 Å². The molecule has 10 heteroatoms. The van der Waals surface area contributed by atoms with Gasteiger partial charge in [0.05, 0.1) is 17.0 Å². The maximum Gasteiger partial charge on any atom is 0.673 e. The van der Waals surface area contributed by atoms with Crippen LogP contribution in [-0.4, -0.2) is 7.25 Å². The van der Waals surface area contributed by atoms with Crippen molar-refractivity contribution in [3.05, 3.63) is 95.8 Å². The molecule has 0 aliphatic heterocycles. The standard InChI is InChI=1S/C22H14F3NO.BF4/c23-22(24,25)16-9-6-10-17(13-16)26-19-14-21(15-7-2-1-3-8-15)27-20-12-5-4-11-18(19)20;2-1(3,4)5/h1-14H;/q;-1/p+1. The van der Waals surface area contributed by atoms with Crippen molar-refractivity contribution in [2.45, 2.75) is 6.18 Å². The minimum atomic E-state index is -6.00. The van der Waals surface area contributed by atoms with E-state index < -0.39 is 19.0 Å². The van der Waals surface area contributed by atoms with Gasteiger partial charge in [0.25, 0.3) is 0 Å². The van der Waals surface area contributed by atoms with Crippen molar-refractivity contribution >= 4 is 23.9 Å². The third-order valence-electron chi connectivity index (χ3n) is 4.20. The first-order valence-electron chi connectivity index (χ1n) is 9.23. The average molecular weight is 453 g/mol. The van der Waals surface area contributed by atoms with Crippen LogP contribution in [0.15, 0.2) is 89.3 Å². The molecule has 0 aliphatic carbocycles. The second-order valence-corrected chi connectivity index (χ2v) is 6.58. The number of benzene rings is 3. The molecule has 0 bridgehead atoms. The van der Waals surface area contributed by atoms with Crippen LogP contribution in [0.1, 0.15) is 5.56 Å². The molecule has 0 atom stereocenters. The number of para-hydroxylation sites is 1. The van der Waals surface area contributed by atoms with E-state index in [1.54, 1.807) is 12.1 Å². The van der Waals surface area contributed by atoms with Gasteiger partial charge in [0.15, 0.2) is 0 Å². The van der Waals surface area contributed by atoms with E-state index in [1.165, 1.54) is 6.07 Å². The van der Waals surface area contributed by atoms with Crippen LogP contribution in [0.5, 0.6) is 0 Å². The van der Waals surface area contributed by atoms with Crippen LogP contribution >= 0.6 is 0 Å². The van der Waals surface area contributed by atoms with Crippen LogP contribution in [0.4, 0.5) is 36.1 Å². The molecule has 0 unspecified atom stereocenters. The van der Waals surface area contributed by atoms with Crippen LogP contribution in [0.3, 0.4) is 0 Å². The Kier molecular flexibility index (Phi) is 6.71. The zero-order chi connectivity index (χ0) is 23.4. The van der Waals surface area contributed by atoms with Crippen molar-refractivity contribution in [3.63, 3.8) is 0 Å². The van der Waals surface area contributed by atoms with E-state index in [0.29, 0.717) is 22.4 Å². The lowest BCUT2D eigenvalue weighted by atomic mass is 10.1. The molecule has 166 valence electrons. The summed E-state index contributed by atoms with van der Waals surface area (Å²) in [7, 11) is -6.00. The van der Waals surface area contributed by atoms with E-state index in [-0.39, 0.29) is 0 Å². The summed E-state index contributed by atoms with van der Waals surface area (Å²) in [5.41, 5.74) is 1.20. The molecule has 4 rings (SSSR count). The third-order valence-corrected chi connectivity index (χ3v) is 4.20. The first kappa shape index (κ1) is 23.1. The number of halogens is 7. The lowest BCUT2D eigenvalue weighted by molar-refractivity contribution is -0.401. The number of rotatable bonds is 2. The summed E-state index contributed by atoms with van der Waals surface area (Å²) in [4.78, 5) is 3.11. The summed E-state index contributed by atoms with van der Waals surface area (Å²) < 4.78 is 84.0. The summed E-state index contributed by atoms with van der Waals surface area (Å²) in [6.07, 6.45) is -4.39. The molecule has 0 fully saturated rings. The summed E-state index contributed by atoms with van der Waals surface area (Å²) in [5, 5.41) is 1.46. The number of hydrogen-bond donors (Lipinski definition) is 1. The van der Waals surface area contributed by atoms with Gasteiger partial charge in [-0.2, -0.15) is 13.2 Å². The van der Waals surface area contributed by atoms with E-state index in [9.17, 15) is 30.4 Å². The Hall–Kier alpha value is -3.56. The van der Waals surface area contributed by atoms with E-state index in [4.69, 9.17) is 4.42 Å². The van der Waals surface area contributed by atoms with E-state index in [2.05, 4.69) is 4.99 Å². The summed E-state index contributed by atoms with van der Waals surface area (Å²) in [6.45, 7) is 0. The van der Waals surface area contributed by atoms with E-state index in [0.717, 1.165) is 23.1 Å². The minimum absolute atomic E-state index is 0.361. The first-order chi connectivity index (χ1) is 15.0. The second kappa shape index (κ2) is 9.29. The predicted molar refractivity (Wildman–Crippen MR) is 107 cm³/mol. The molecule has 4 aromatic rings. The molecule has 1 N–H and O–H groups in total. The third kappa shape index (κ3) is 6.47. The average Bonchev–Trinajstić information content (AvgIpc) is 2.73. The second-order valence-electron chi connectivity index (χ2n) is 6.58. The number of hydrogen-bond acceptors (Lipinski definition) is 1. The molecule has 32 heavy (non-hydrogen) atoms. The van der Waals surface area contributed by atoms with Crippen molar-refractivity contribution in [1.29, 1.82) is 0 Å². The maximum absolute atomic E-state index is 13.0. The van der Waals surface area contributed by atoms with E-state index in [1.807, 2.05) is 54.6 Å². The summed E-state index contributed by atoms with van der Waals surface area (Å²) >= 11 is 0. The van der Waals surface area contributed by atoms with Gasteiger partial charge >= 0.3 is 13.4 Å². The Balaban J connectivity index is 0.000000523. The quantitative estimate of drug-likeness (QED) is 0.305. The zero-order valence-electron chi connectivity index (χ0n) is 16.2. The van der Waals surface area contributed by atoms with Gasteiger partial charge in [-0.25, -0.2) is 4.99 Å². The molecule has 1 heterocycles. The van der Waals surface area contributed by atoms with Crippen LogP contribution in [0.2, 0.25) is 0 Å². The van der Waals surface area contributed by atoms with Gasteiger partial charge in [0, 0.05) is 17.7 Å². The molecule has 3 aromatic carbocycles. The highest BCUT2D eigenvalue weighted by molar-refractivity contribution is 6.50. The molecule has 0 spiro atoms. The normalized spacial score (nSPS) is 12.4. The molecule has 0 saturated carbocycles. The summed E-state index contributed by atoms with van der Waals surface area (Å²) in [6, 6.07) is 23.9. The lowest BCUT2D eigenvalue weighted by Crippen LogP contribution is -2.70. The van der Waals surface area contributed by atoms with Gasteiger partial charge < -0.3 is 21.7 Å². The molecule has 0 saturated heterocycles. The van der Waals surface area contributed by atoms with Crippen molar-refractivity contribution in [1.82, 2.24) is 0 Å². The van der Waals surface area contributed by atoms with Gasteiger partial charge in [-0.1, -0.05) is 48.5 Å². The lowest BCUT2D eigenvalue weighted by Gasteiger charge is -2.05. The molecule has 0 radical (unpaired) electrons. The maximum atomic E-state index is 13.0. The highest BCUT2D eigenvalue weighted by Gasteiger charge is 2.31. The van der Waals surface area contributed by atoms with Crippen molar-refractivity contribution in [3.8, 4) is 11.3 Å². The molecule has 1 aromatic heterocycles. The van der Waals surface area contributed by atoms with Gasteiger partial charge in [0.2, 0.25) is 11.0 Å². The van der Waals surface area contributed by atoms with Crippen molar-refractivity contribution in [2.75, 3.05) is 0 Å². The molecule has 2 nitrogen and oxygen atoms in total.